The number of guanidine groups is 1. The predicted octanol–water partition coefficient (Wildman–Crippen LogP) is 3.17. The van der Waals surface area contributed by atoms with Crippen molar-refractivity contribution in [3.8, 4) is 5.69 Å². The molecule has 1 aromatic heterocycles. The lowest BCUT2D eigenvalue weighted by Gasteiger charge is -2.32. The minimum Gasteiger partial charge on any atom is -0.450 e. The van der Waals surface area contributed by atoms with Crippen molar-refractivity contribution in [1.29, 1.82) is 0 Å². The van der Waals surface area contributed by atoms with E-state index in [1.165, 1.54) is 0 Å². The molecular formula is C21H31IN6O2. The number of carbonyl (C=O) groups is 1. The third-order valence-electron chi connectivity index (χ3n) is 4.89. The van der Waals surface area contributed by atoms with Gasteiger partial charge in [-0.05, 0) is 38.3 Å². The molecule has 1 fully saturated rings. The van der Waals surface area contributed by atoms with Crippen LogP contribution in [0.2, 0.25) is 0 Å². The van der Waals surface area contributed by atoms with Gasteiger partial charge >= 0.3 is 6.09 Å². The second kappa shape index (κ2) is 12.4. The number of likely N-dealkylation sites (tertiary alicyclic amines) is 1. The molecule has 0 unspecified atom stereocenters. The van der Waals surface area contributed by atoms with E-state index in [1.807, 2.05) is 29.8 Å². The zero-order valence-electron chi connectivity index (χ0n) is 17.6. The average molecular weight is 526 g/mol. The number of nitrogens with zero attached hydrogens (tertiary/aromatic N) is 4. The van der Waals surface area contributed by atoms with Crippen molar-refractivity contribution in [2.45, 2.75) is 39.3 Å². The summed E-state index contributed by atoms with van der Waals surface area (Å²) in [5.41, 5.74) is 2.20. The number of imidazole rings is 1. The molecule has 0 atom stereocenters. The summed E-state index contributed by atoms with van der Waals surface area (Å²) < 4.78 is 7.09. The zero-order valence-corrected chi connectivity index (χ0v) is 19.9. The quantitative estimate of drug-likeness (QED) is 0.343. The Morgan fingerprint density at radius 3 is 2.70 bits per heavy atom. The highest BCUT2D eigenvalue weighted by Gasteiger charge is 2.24. The number of para-hydroxylation sites is 1. The highest BCUT2D eigenvalue weighted by atomic mass is 127. The Morgan fingerprint density at radius 2 is 2.03 bits per heavy atom. The summed E-state index contributed by atoms with van der Waals surface area (Å²) in [5, 5.41) is 6.84. The number of rotatable bonds is 6. The van der Waals surface area contributed by atoms with E-state index in [2.05, 4.69) is 34.7 Å². The lowest BCUT2D eigenvalue weighted by Crippen LogP contribution is -2.49. The van der Waals surface area contributed by atoms with E-state index >= 15 is 0 Å². The number of hydrogen-bond acceptors (Lipinski definition) is 4. The highest BCUT2D eigenvalue weighted by Crippen LogP contribution is 2.15. The van der Waals surface area contributed by atoms with Crippen LogP contribution in [-0.2, 0) is 11.3 Å². The number of hydrogen-bond donors (Lipinski definition) is 2. The molecule has 8 nitrogen and oxygen atoms in total. The first-order valence-electron chi connectivity index (χ1n) is 10.2. The van der Waals surface area contributed by atoms with E-state index in [-0.39, 0.29) is 36.1 Å². The molecule has 164 valence electrons. The number of ether oxygens (including phenoxy) is 1. The molecule has 30 heavy (non-hydrogen) atoms. The fourth-order valence-corrected chi connectivity index (χ4v) is 3.40. The van der Waals surface area contributed by atoms with Crippen LogP contribution in [0.15, 0.2) is 48.0 Å². The Balaban J connectivity index is 0.00000320. The molecule has 2 N–H and O–H groups in total. The van der Waals surface area contributed by atoms with Gasteiger partial charge in [0, 0.05) is 38.1 Å². The van der Waals surface area contributed by atoms with Gasteiger partial charge in [-0.2, -0.15) is 0 Å². The number of carbonyl (C=O) groups excluding carboxylic acids is 1. The summed E-state index contributed by atoms with van der Waals surface area (Å²) in [5.74, 6) is 0.794. The van der Waals surface area contributed by atoms with Crippen LogP contribution >= 0.6 is 24.0 Å². The highest BCUT2D eigenvalue weighted by molar-refractivity contribution is 14.0. The van der Waals surface area contributed by atoms with E-state index in [0.29, 0.717) is 26.2 Å². The van der Waals surface area contributed by atoms with Gasteiger partial charge in [0.05, 0.1) is 25.2 Å². The maximum Gasteiger partial charge on any atom is 0.409 e. The number of aromatic nitrogens is 2. The van der Waals surface area contributed by atoms with Gasteiger partial charge in [0.15, 0.2) is 5.96 Å². The molecule has 1 aliphatic heterocycles. The molecule has 1 saturated heterocycles. The van der Waals surface area contributed by atoms with Crippen LogP contribution in [0, 0.1) is 0 Å². The van der Waals surface area contributed by atoms with Crippen molar-refractivity contribution in [3.05, 3.63) is 48.5 Å². The van der Waals surface area contributed by atoms with E-state index in [1.54, 1.807) is 17.4 Å². The van der Waals surface area contributed by atoms with Gasteiger partial charge < -0.3 is 24.8 Å². The predicted molar refractivity (Wildman–Crippen MR) is 129 cm³/mol. The molecule has 2 aromatic rings. The Kier molecular flexibility index (Phi) is 9.92. The van der Waals surface area contributed by atoms with Gasteiger partial charge in [-0.3, -0.25) is 0 Å². The minimum absolute atomic E-state index is 0. The maximum atomic E-state index is 11.9. The Labute approximate surface area is 195 Å². The number of amides is 1. The van der Waals surface area contributed by atoms with E-state index < -0.39 is 0 Å². The number of nitrogens with one attached hydrogen (secondary N) is 2. The molecule has 2 heterocycles. The number of aliphatic imine (C=N–C) groups is 1. The summed E-state index contributed by atoms with van der Waals surface area (Å²) in [4.78, 5) is 22.6. The molecule has 0 spiro atoms. The molecule has 0 aliphatic carbocycles. The van der Waals surface area contributed by atoms with Crippen LogP contribution in [-0.4, -0.2) is 58.8 Å². The standard InChI is InChI=1S/C21H30N6O2.HI/c1-3-23-20(25-18-9-12-26(13-10-18)21(28)29-4-2)24-15-17-7-5-6-8-19(17)27-14-11-22-16-27;/h5-8,11,14,16,18H,3-4,9-10,12-13,15H2,1-2H3,(H2,23,24,25);1H. The van der Waals surface area contributed by atoms with Crippen molar-refractivity contribution >= 4 is 36.0 Å². The van der Waals surface area contributed by atoms with Gasteiger partial charge in [0.2, 0.25) is 0 Å². The maximum absolute atomic E-state index is 11.9. The van der Waals surface area contributed by atoms with E-state index in [4.69, 9.17) is 9.73 Å². The minimum atomic E-state index is -0.220. The number of benzene rings is 1. The summed E-state index contributed by atoms with van der Waals surface area (Å²) >= 11 is 0. The number of halogens is 1. The molecule has 3 rings (SSSR count). The molecule has 1 amide bonds. The van der Waals surface area contributed by atoms with Gasteiger partial charge in [-0.25, -0.2) is 14.8 Å². The summed E-state index contributed by atoms with van der Waals surface area (Å²) in [6.45, 7) is 7.03. The second-order valence-corrected chi connectivity index (χ2v) is 6.90. The molecular weight excluding hydrogens is 495 g/mol. The fraction of sp³-hybridized carbons (Fsp3) is 0.476. The molecule has 0 radical (unpaired) electrons. The molecule has 1 aliphatic rings. The van der Waals surface area contributed by atoms with Crippen LogP contribution < -0.4 is 10.6 Å². The van der Waals surface area contributed by atoms with Gasteiger partial charge in [-0.1, -0.05) is 18.2 Å². The monoisotopic (exact) mass is 526 g/mol. The Morgan fingerprint density at radius 1 is 1.27 bits per heavy atom. The molecule has 0 bridgehead atoms. The van der Waals surface area contributed by atoms with Crippen molar-refractivity contribution in [1.82, 2.24) is 25.1 Å². The van der Waals surface area contributed by atoms with E-state index in [0.717, 1.165) is 36.6 Å². The fourth-order valence-electron chi connectivity index (χ4n) is 3.40. The van der Waals surface area contributed by atoms with Crippen LogP contribution in [0.1, 0.15) is 32.3 Å². The first-order valence-corrected chi connectivity index (χ1v) is 10.2. The Hall–Kier alpha value is -2.30. The molecule has 0 saturated carbocycles. The van der Waals surface area contributed by atoms with Gasteiger partial charge in [0.25, 0.3) is 0 Å². The molecule has 1 aromatic carbocycles. The molecule has 9 heteroatoms. The van der Waals surface area contributed by atoms with Crippen LogP contribution in [0.3, 0.4) is 0 Å². The van der Waals surface area contributed by atoms with Crippen LogP contribution in [0.5, 0.6) is 0 Å². The van der Waals surface area contributed by atoms with Crippen molar-refractivity contribution in [3.63, 3.8) is 0 Å². The van der Waals surface area contributed by atoms with Crippen LogP contribution in [0.25, 0.3) is 5.69 Å². The van der Waals surface area contributed by atoms with E-state index in [9.17, 15) is 4.79 Å². The second-order valence-electron chi connectivity index (χ2n) is 6.90. The topological polar surface area (TPSA) is 83.8 Å². The van der Waals surface area contributed by atoms with Crippen molar-refractivity contribution < 1.29 is 9.53 Å². The smallest absolute Gasteiger partial charge is 0.409 e. The average Bonchev–Trinajstić information content (AvgIpc) is 3.28. The normalized spacial score (nSPS) is 14.7. The van der Waals surface area contributed by atoms with Crippen LogP contribution in [0.4, 0.5) is 4.79 Å². The third kappa shape index (κ3) is 6.61. The van der Waals surface area contributed by atoms with Gasteiger partial charge in [0.1, 0.15) is 0 Å². The third-order valence-corrected chi connectivity index (χ3v) is 4.89. The lowest BCUT2D eigenvalue weighted by molar-refractivity contribution is 0.0963. The Bertz CT molecular complexity index is 804. The first kappa shape index (κ1) is 24.0. The zero-order chi connectivity index (χ0) is 20.5. The lowest BCUT2D eigenvalue weighted by atomic mass is 10.1. The van der Waals surface area contributed by atoms with Gasteiger partial charge in [-0.15, -0.1) is 24.0 Å². The summed E-state index contributed by atoms with van der Waals surface area (Å²) in [6, 6.07) is 8.47. The largest absolute Gasteiger partial charge is 0.450 e. The van der Waals surface area contributed by atoms with Crippen molar-refractivity contribution in [2.24, 2.45) is 4.99 Å². The van der Waals surface area contributed by atoms with Crippen molar-refractivity contribution in [2.75, 3.05) is 26.2 Å². The summed E-state index contributed by atoms with van der Waals surface area (Å²) in [6.07, 6.45) is 7.02. The number of piperidine rings is 1. The first-order chi connectivity index (χ1) is 14.2. The summed E-state index contributed by atoms with van der Waals surface area (Å²) in [7, 11) is 0. The SMILES string of the molecule is CCNC(=NCc1ccccc1-n1ccnc1)NC1CCN(C(=O)OCC)CC1.I.